The summed E-state index contributed by atoms with van der Waals surface area (Å²) < 4.78 is 67.5. The number of amides is 1. The van der Waals surface area contributed by atoms with Gasteiger partial charge in [-0.3, -0.25) is 0 Å². The molecule has 1 N–H and O–H groups in total. The number of nitrogens with one attached hydrogen (secondary N) is 1. The molecule has 15 heteroatoms. The third-order valence-electron chi connectivity index (χ3n) is 8.23. The van der Waals surface area contributed by atoms with Crippen LogP contribution in [0.2, 0.25) is 5.04 Å². The molecule has 1 amide bonds. The van der Waals surface area contributed by atoms with E-state index >= 15 is 0 Å². The van der Waals surface area contributed by atoms with Crippen molar-refractivity contribution in [3.05, 3.63) is 60.7 Å². The van der Waals surface area contributed by atoms with Crippen molar-refractivity contribution in [2.75, 3.05) is 145 Å². The van der Waals surface area contributed by atoms with Crippen LogP contribution in [0, 0.1) is 0 Å². The zero-order chi connectivity index (χ0) is 42.1. The number of hydrogen-bond donors (Lipinski definition) is 1. The molecule has 0 saturated heterocycles. The van der Waals surface area contributed by atoms with Crippen molar-refractivity contribution < 1.29 is 61.3 Å². The van der Waals surface area contributed by atoms with Crippen LogP contribution < -0.4 is 15.7 Å². The molecular formula is C43H73NO13Si. The normalized spacial score (nSPS) is 12.2. The van der Waals surface area contributed by atoms with Gasteiger partial charge in [-0.25, -0.2) is 4.79 Å². The maximum Gasteiger partial charge on any atom is 0.407 e. The summed E-state index contributed by atoms with van der Waals surface area (Å²) in [5.74, 6) is 0. The zero-order valence-electron chi connectivity index (χ0n) is 36.1. The number of hydrogen-bond acceptors (Lipinski definition) is 13. The molecule has 2 aromatic carbocycles. The first kappa shape index (κ1) is 51.6. The number of alkyl carbamates (subject to hydrolysis) is 1. The Kier molecular flexibility index (Phi) is 28.7. The lowest BCUT2D eigenvalue weighted by Crippen LogP contribution is -2.66. The molecule has 0 aromatic heterocycles. The Bertz CT molecular complexity index is 1210. The lowest BCUT2D eigenvalue weighted by atomic mass is 10.2. The molecular weight excluding hydrogens is 767 g/mol. The van der Waals surface area contributed by atoms with Gasteiger partial charge < -0.3 is 61.8 Å². The van der Waals surface area contributed by atoms with E-state index in [2.05, 4.69) is 86.8 Å². The second-order valence-corrected chi connectivity index (χ2v) is 19.4. The van der Waals surface area contributed by atoms with Gasteiger partial charge in [-0.1, -0.05) is 81.4 Å². The molecule has 14 nitrogen and oxygen atoms in total. The molecule has 0 aliphatic heterocycles. The van der Waals surface area contributed by atoms with Gasteiger partial charge in [-0.2, -0.15) is 0 Å². The highest BCUT2D eigenvalue weighted by Crippen LogP contribution is 2.36. The van der Waals surface area contributed by atoms with Gasteiger partial charge in [0, 0.05) is 6.54 Å². The van der Waals surface area contributed by atoms with Crippen LogP contribution in [0.1, 0.15) is 41.5 Å². The average Bonchev–Trinajstić information content (AvgIpc) is 3.19. The van der Waals surface area contributed by atoms with Crippen LogP contribution in [0.25, 0.3) is 0 Å². The van der Waals surface area contributed by atoms with Crippen molar-refractivity contribution in [3.8, 4) is 0 Å². The Morgan fingerprint density at radius 2 is 0.707 bits per heavy atom. The third-order valence-corrected chi connectivity index (χ3v) is 13.3. The minimum absolute atomic E-state index is 0.0615. The van der Waals surface area contributed by atoms with Crippen LogP contribution in [0.4, 0.5) is 4.79 Å². The highest BCUT2D eigenvalue weighted by Gasteiger charge is 2.50. The fourth-order valence-electron chi connectivity index (χ4n) is 5.64. The van der Waals surface area contributed by atoms with Crippen molar-refractivity contribution in [1.82, 2.24) is 5.32 Å². The average molecular weight is 840 g/mol. The largest absolute Gasteiger partial charge is 0.444 e. The van der Waals surface area contributed by atoms with Gasteiger partial charge >= 0.3 is 6.09 Å². The Labute approximate surface area is 348 Å². The van der Waals surface area contributed by atoms with E-state index in [-0.39, 0.29) is 5.04 Å². The van der Waals surface area contributed by atoms with E-state index < -0.39 is 20.0 Å². The second kappa shape index (κ2) is 32.3. The third kappa shape index (κ3) is 24.5. The minimum Gasteiger partial charge on any atom is -0.444 e. The van der Waals surface area contributed by atoms with E-state index in [0.717, 1.165) is 0 Å². The Morgan fingerprint density at radius 3 is 0.983 bits per heavy atom. The van der Waals surface area contributed by atoms with E-state index in [0.29, 0.717) is 145 Å². The summed E-state index contributed by atoms with van der Waals surface area (Å²) in [4.78, 5) is 11.5. The maximum absolute atomic E-state index is 11.5. The van der Waals surface area contributed by atoms with Crippen LogP contribution in [-0.2, 0) is 56.5 Å². The molecule has 0 radical (unpaired) electrons. The van der Waals surface area contributed by atoms with Gasteiger partial charge in [-0.05, 0) is 36.2 Å². The van der Waals surface area contributed by atoms with Gasteiger partial charge in [0.1, 0.15) is 5.60 Å². The molecule has 0 saturated carbocycles. The molecule has 2 aromatic rings. The van der Waals surface area contributed by atoms with E-state index in [4.69, 9.17) is 56.5 Å². The van der Waals surface area contributed by atoms with E-state index in [9.17, 15) is 4.79 Å². The molecule has 0 atom stereocenters. The molecule has 0 unspecified atom stereocenters. The Morgan fingerprint density at radius 1 is 0.431 bits per heavy atom. The number of carbonyl (C=O) groups excluding carboxylic acids is 1. The summed E-state index contributed by atoms with van der Waals surface area (Å²) in [6.45, 7) is 22.8. The number of carbonyl (C=O) groups is 1. The van der Waals surface area contributed by atoms with Crippen LogP contribution in [0.15, 0.2) is 60.7 Å². The Hall–Kier alpha value is -2.51. The lowest BCUT2D eigenvalue weighted by Gasteiger charge is -2.43. The first-order valence-corrected chi connectivity index (χ1v) is 22.5. The van der Waals surface area contributed by atoms with Crippen molar-refractivity contribution in [2.24, 2.45) is 0 Å². The van der Waals surface area contributed by atoms with Gasteiger partial charge in [0.05, 0.1) is 139 Å². The maximum atomic E-state index is 11.5. The smallest absolute Gasteiger partial charge is 0.407 e. The molecule has 332 valence electrons. The van der Waals surface area contributed by atoms with Crippen molar-refractivity contribution in [2.45, 2.75) is 52.2 Å². The number of ether oxygens (including phenoxy) is 11. The lowest BCUT2D eigenvalue weighted by molar-refractivity contribution is -0.0267. The number of benzene rings is 2. The molecule has 0 bridgehead atoms. The molecule has 58 heavy (non-hydrogen) atoms. The molecule has 0 fully saturated rings. The fraction of sp³-hybridized carbons (Fsp3) is 0.698. The molecule has 0 heterocycles. The van der Waals surface area contributed by atoms with E-state index in [1.165, 1.54) is 10.4 Å². The van der Waals surface area contributed by atoms with Crippen LogP contribution >= 0.6 is 0 Å². The first-order valence-electron chi connectivity index (χ1n) is 20.6. The topological polar surface area (TPSA) is 140 Å². The monoisotopic (exact) mass is 839 g/mol. The van der Waals surface area contributed by atoms with E-state index in [1.807, 2.05) is 20.8 Å². The minimum atomic E-state index is -2.55. The predicted molar refractivity (Wildman–Crippen MR) is 226 cm³/mol. The molecule has 0 spiro atoms. The van der Waals surface area contributed by atoms with Gasteiger partial charge in [0.25, 0.3) is 8.32 Å². The van der Waals surface area contributed by atoms with Crippen molar-refractivity contribution >= 4 is 24.8 Å². The second-order valence-electron chi connectivity index (χ2n) is 15.1. The summed E-state index contributed by atoms with van der Waals surface area (Å²) in [6, 6.07) is 21.3. The van der Waals surface area contributed by atoms with Crippen molar-refractivity contribution in [1.29, 1.82) is 0 Å². The summed E-state index contributed by atoms with van der Waals surface area (Å²) in [5.41, 5.74) is -0.515. The van der Waals surface area contributed by atoms with E-state index in [1.54, 1.807) is 0 Å². The van der Waals surface area contributed by atoms with Gasteiger partial charge in [0.2, 0.25) is 0 Å². The summed E-state index contributed by atoms with van der Waals surface area (Å²) in [7, 11) is -2.55. The fourth-order valence-corrected chi connectivity index (χ4v) is 10.2. The Balaban J connectivity index is 1.28. The first-order chi connectivity index (χ1) is 28.1. The van der Waals surface area contributed by atoms with Gasteiger partial charge in [0.15, 0.2) is 0 Å². The molecule has 0 aliphatic rings. The summed E-state index contributed by atoms with van der Waals surface area (Å²) >= 11 is 0. The highest BCUT2D eigenvalue weighted by molar-refractivity contribution is 6.99. The van der Waals surface area contributed by atoms with Crippen LogP contribution in [0.5, 0.6) is 0 Å². The zero-order valence-corrected chi connectivity index (χ0v) is 37.1. The van der Waals surface area contributed by atoms with Crippen LogP contribution in [-0.4, -0.2) is 165 Å². The molecule has 0 aliphatic carbocycles. The SMILES string of the molecule is CC(C)(C)OC(=O)NCCOCCOCCOCCOCCOCCOCCOCCOCCOCCOCCO[Si](c1ccccc1)(c1ccccc1)C(C)(C)C. The summed E-state index contributed by atoms with van der Waals surface area (Å²) in [6.07, 6.45) is -0.453. The summed E-state index contributed by atoms with van der Waals surface area (Å²) in [5, 5.41) is 5.10. The van der Waals surface area contributed by atoms with Gasteiger partial charge in [-0.15, -0.1) is 0 Å². The molecule has 2 rings (SSSR count). The number of rotatable bonds is 36. The highest BCUT2D eigenvalue weighted by atomic mass is 28.4. The quantitative estimate of drug-likeness (QED) is 0.0774. The van der Waals surface area contributed by atoms with Crippen molar-refractivity contribution in [3.63, 3.8) is 0 Å². The van der Waals surface area contributed by atoms with Crippen LogP contribution in [0.3, 0.4) is 0 Å². The standard InChI is InChI=1S/C43H73NO13Si/c1-42(2,3)57-41(45)44-17-18-46-19-20-47-21-22-48-23-24-49-25-26-50-27-28-51-29-30-52-31-32-53-33-34-54-35-36-55-37-38-56-58(43(4,5)6,39-13-9-7-10-14-39)40-15-11-8-12-16-40/h7-16H,17-38H2,1-6H3,(H,44,45). The predicted octanol–water partition coefficient (Wildman–Crippen LogP) is 4.25.